The van der Waals surface area contributed by atoms with Crippen LogP contribution in [0, 0.1) is 23.2 Å². The summed E-state index contributed by atoms with van der Waals surface area (Å²) in [5.41, 5.74) is -0.342. The van der Waals surface area contributed by atoms with Crippen LogP contribution in [0.4, 0.5) is 4.79 Å². The molecular weight excluding hydrogens is 502 g/mol. The number of nitrogens with zero attached hydrogens (tertiary/aromatic N) is 2. The molecule has 1 aromatic rings. The Bertz CT molecular complexity index is 1060. The lowest BCUT2D eigenvalue weighted by Crippen LogP contribution is -2.58. The summed E-state index contributed by atoms with van der Waals surface area (Å²) in [6.45, 7) is 16.2. The number of benzene rings is 1. The molecule has 0 spiro atoms. The Morgan fingerprint density at radius 3 is 2.18 bits per heavy atom. The lowest BCUT2D eigenvalue weighted by Gasteiger charge is -2.46. The Morgan fingerprint density at radius 1 is 1.00 bits per heavy atom. The molecule has 1 aliphatic carbocycles. The van der Waals surface area contributed by atoms with E-state index in [1.807, 2.05) is 51.7 Å². The molecule has 4 rings (SSSR count). The van der Waals surface area contributed by atoms with Crippen molar-refractivity contribution in [2.75, 3.05) is 26.2 Å². The van der Waals surface area contributed by atoms with Crippen LogP contribution >= 0.6 is 11.6 Å². The van der Waals surface area contributed by atoms with E-state index in [-0.39, 0.29) is 41.1 Å². The predicted octanol–water partition coefficient (Wildman–Crippen LogP) is 5.47. The summed E-state index contributed by atoms with van der Waals surface area (Å²) in [5, 5.41) is 3.92. The second-order valence-corrected chi connectivity index (χ2v) is 13.7. The van der Waals surface area contributed by atoms with E-state index in [9.17, 15) is 14.4 Å². The van der Waals surface area contributed by atoms with Crippen molar-refractivity contribution in [3.8, 4) is 0 Å². The zero-order valence-electron chi connectivity index (χ0n) is 24.0. The molecule has 38 heavy (non-hydrogen) atoms. The fraction of sp³-hybridized carbons (Fsp3) is 0.700. The number of nitrogens with one attached hydrogen (secondary N) is 1. The van der Waals surface area contributed by atoms with E-state index in [0.29, 0.717) is 38.5 Å². The van der Waals surface area contributed by atoms with Crippen LogP contribution in [0.3, 0.4) is 0 Å². The summed E-state index contributed by atoms with van der Waals surface area (Å²) in [6.07, 6.45) is 1.90. The first-order chi connectivity index (χ1) is 17.7. The molecule has 8 heteroatoms. The minimum atomic E-state index is -0.880. The van der Waals surface area contributed by atoms with Gasteiger partial charge in [0.05, 0.1) is 5.92 Å². The number of carbonyl (C=O) groups excluding carboxylic acids is 3. The van der Waals surface area contributed by atoms with Crippen LogP contribution < -0.4 is 5.32 Å². The number of hydrogen-bond donors (Lipinski definition) is 1. The largest absolute Gasteiger partial charge is 0.444 e. The van der Waals surface area contributed by atoms with Gasteiger partial charge in [-0.3, -0.25) is 9.59 Å². The third-order valence-corrected chi connectivity index (χ3v) is 9.25. The lowest BCUT2D eigenvalue weighted by molar-refractivity contribution is -0.142. The lowest BCUT2D eigenvalue weighted by atomic mass is 9.70. The van der Waals surface area contributed by atoms with Crippen molar-refractivity contribution in [2.45, 2.75) is 84.8 Å². The normalized spacial score (nSPS) is 30.9. The van der Waals surface area contributed by atoms with Gasteiger partial charge in [0, 0.05) is 31.2 Å². The minimum absolute atomic E-state index is 0.0216. The molecule has 2 saturated heterocycles. The number of likely N-dealkylation sites (tertiary alicyclic amines) is 2. The standard InChI is InChI=1S/C30H44ClN3O4/c1-19-20(2)30(19,32-25(35)22-9-8-15-33(17-22)27(37)38-28(3,4)5)26(36)34-16-14-24(29(6,7)18-34)21-10-12-23(31)13-11-21/h10-13,19-20,22,24H,8-9,14-18H2,1-7H3,(H,32,35)/t19?,20?,22-,24?,30?/m1/s1. The fourth-order valence-corrected chi connectivity index (χ4v) is 6.67. The van der Waals surface area contributed by atoms with Gasteiger partial charge in [-0.25, -0.2) is 4.79 Å². The summed E-state index contributed by atoms with van der Waals surface area (Å²) >= 11 is 6.10. The van der Waals surface area contributed by atoms with Crippen molar-refractivity contribution in [3.05, 3.63) is 34.9 Å². The van der Waals surface area contributed by atoms with Crippen molar-refractivity contribution >= 4 is 29.5 Å². The van der Waals surface area contributed by atoms with Gasteiger partial charge in [0.1, 0.15) is 11.1 Å². The molecule has 210 valence electrons. The molecule has 3 aliphatic rings. The molecule has 3 unspecified atom stereocenters. The van der Waals surface area contributed by atoms with Gasteiger partial charge in [-0.2, -0.15) is 0 Å². The number of amides is 3. The van der Waals surface area contributed by atoms with Gasteiger partial charge in [0.2, 0.25) is 11.8 Å². The number of ether oxygens (including phenoxy) is 1. The second-order valence-electron chi connectivity index (χ2n) is 13.3. The monoisotopic (exact) mass is 545 g/mol. The Labute approximate surface area is 232 Å². The molecule has 0 radical (unpaired) electrons. The number of carbonyl (C=O) groups is 3. The van der Waals surface area contributed by atoms with E-state index in [1.54, 1.807) is 4.90 Å². The molecule has 2 heterocycles. The average molecular weight is 546 g/mol. The summed E-state index contributed by atoms with van der Waals surface area (Å²) in [6, 6.07) is 8.03. The number of piperidine rings is 2. The SMILES string of the molecule is CC1C(C)C1(NC(=O)[C@@H]1CCCN(C(=O)OC(C)(C)C)C1)C(=O)N1CCC(c2ccc(Cl)cc2)C(C)(C)C1. The fourth-order valence-electron chi connectivity index (χ4n) is 6.54. The van der Waals surface area contributed by atoms with Gasteiger partial charge in [-0.15, -0.1) is 0 Å². The Morgan fingerprint density at radius 2 is 1.63 bits per heavy atom. The molecule has 3 fully saturated rings. The van der Waals surface area contributed by atoms with Crippen LogP contribution in [-0.4, -0.2) is 65.0 Å². The Balaban J connectivity index is 1.43. The zero-order valence-corrected chi connectivity index (χ0v) is 24.7. The highest BCUT2D eigenvalue weighted by Gasteiger charge is 2.67. The van der Waals surface area contributed by atoms with Crippen LogP contribution in [0.1, 0.15) is 79.2 Å². The van der Waals surface area contributed by atoms with Crippen LogP contribution in [0.5, 0.6) is 0 Å². The highest BCUT2D eigenvalue weighted by atomic mass is 35.5. The first kappa shape index (κ1) is 28.7. The molecule has 2 aliphatic heterocycles. The van der Waals surface area contributed by atoms with Crippen LogP contribution in [0.15, 0.2) is 24.3 Å². The van der Waals surface area contributed by atoms with E-state index < -0.39 is 11.1 Å². The van der Waals surface area contributed by atoms with Crippen molar-refractivity contribution in [1.29, 1.82) is 0 Å². The maximum atomic E-state index is 14.0. The molecule has 7 nitrogen and oxygen atoms in total. The summed E-state index contributed by atoms with van der Waals surface area (Å²) < 4.78 is 5.52. The van der Waals surface area contributed by atoms with Gasteiger partial charge in [0.25, 0.3) is 0 Å². The van der Waals surface area contributed by atoms with Gasteiger partial charge in [0.15, 0.2) is 0 Å². The van der Waals surface area contributed by atoms with E-state index in [2.05, 4.69) is 31.3 Å². The number of hydrogen-bond acceptors (Lipinski definition) is 4. The molecule has 4 atom stereocenters. The van der Waals surface area contributed by atoms with Crippen molar-refractivity contribution in [2.24, 2.45) is 23.2 Å². The molecule has 0 aromatic heterocycles. The van der Waals surface area contributed by atoms with Crippen LogP contribution in [-0.2, 0) is 14.3 Å². The zero-order chi connectivity index (χ0) is 28.0. The molecular formula is C30H44ClN3O4. The predicted molar refractivity (Wildman–Crippen MR) is 149 cm³/mol. The highest BCUT2D eigenvalue weighted by molar-refractivity contribution is 6.30. The topological polar surface area (TPSA) is 79.0 Å². The van der Waals surface area contributed by atoms with E-state index in [4.69, 9.17) is 16.3 Å². The first-order valence-electron chi connectivity index (χ1n) is 14.0. The molecule has 0 bridgehead atoms. The third-order valence-electron chi connectivity index (χ3n) is 8.99. The third kappa shape index (κ3) is 5.68. The first-order valence-corrected chi connectivity index (χ1v) is 14.4. The van der Waals surface area contributed by atoms with Crippen LogP contribution in [0.25, 0.3) is 0 Å². The summed E-state index contributed by atoms with van der Waals surface area (Å²) in [4.78, 5) is 43.7. The Hall–Kier alpha value is -2.28. The molecule has 1 aromatic carbocycles. The quantitative estimate of drug-likeness (QED) is 0.544. The number of halogens is 1. The molecule has 3 amide bonds. The van der Waals surface area contributed by atoms with E-state index >= 15 is 0 Å². The van der Waals surface area contributed by atoms with Crippen molar-refractivity contribution < 1.29 is 19.1 Å². The maximum Gasteiger partial charge on any atom is 0.410 e. The summed E-state index contributed by atoms with van der Waals surface area (Å²) in [5.74, 6) is -0.0351. The van der Waals surface area contributed by atoms with Gasteiger partial charge in [-0.05, 0) is 80.9 Å². The van der Waals surface area contributed by atoms with Crippen molar-refractivity contribution in [3.63, 3.8) is 0 Å². The second kappa shape index (κ2) is 10.4. The average Bonchev–Trinajstić information content (AvgIpc) is 3.36. The van der Waals surface area contributed by atoms with E-state index in [1.165, 1.54) is 5.56 Å². The molecule has 1 saturated carbocycles. The maximum absolute atomic E-state index is 14.0. The highest BCUT2D eigenvalue weighted by Crippen LogP contribution is 2.53. The van der Waals surface area contributed by atoms with Gasteiger partial charge in [-0.1, -0.05) is 51.4 Å². The molecule has 1 N–H and O–H groups in total. The van der Waals surface area contributed by atoms with Crippen molar-refractivity contribution in [1.82, 2.24) is 15.1 Å². The minimum Gasteiger partial charge on any atom is -0.444 e. The van der Waals surface area contributed by atoms with Gasteiger partial charge >= 0.3 is 6.09 Å². The number of rotatable bonds is 4. The summed E-state index contributed by atoms with van der Waals surface area (Å²) in [7, 11) is 0. The van der Waals surface area contributed by atoms with Gasteiger partial charge < -0.3 is 19.9 Å². The smallest absolute Gasteiger partial charge is 0.410 e. The van der Waals surface area contributed by atoms with Crippen LogP contribution in [0.2, 0.25) is 5.02 Å². The van der Waals surface area contributed by atoms with E-state index in [0.717, 1.165) is 17.9 Å². The Kier molecular flexibility index (Phi) is 7.83.